The summed E-state index contributed by atoms with van der Waals surface area (Å²) in [7, 11) is 1.65. The molecule has 1 fully saturated rings. The van der Waals surface area contributed by atoms with Crippen molar-refractivity contribution in [3.8, 4) is 17.5 Å². The second-order valence-corrected chi connectivity index (χ2v) is 9.62. The number of aliphatic hydroxyl groups is 1. The van der Waals surface area contributed by atoms with Crippen LogP contribution in [0.5, 0.6) is 0 Å². The fourth-order valence-corrected chi connectivity index (χ4v) is 4.30. The van der Waals surface area contributed by atoms with E-state index in [0.29, 0.717) is 36.9 Å². The van der Waals surface area contributed by atoms with Gasteiger partial charge in [-0.15, -0.1) is 0 Å². The lowest BCUT2D eigenvalue weighted by atomic mass is 9.90. The molecule has 2 atom stereocenters. The summed E-state index contributed by atoms with van der Waals surface area (Å²) in [6, 6.07) is 7.08. The minimum absolute atomic E-state index is 0.0229. The van der Waals surface area contributed by atoms with Gasteiger partial charge in [0.2, 0.25) is 12.3 Å². The van der Waals surface area contributed by atoms with Gasteiger partial charge in [0.1, 0.15) is 5.60 Å². The number of aromatic nitrogens is 2. The van der Waals surface area contributed by atoms with Gasteiger partial charge in [-0.25, -0.2) is 4.68 Å². The first-order valence-corrected chi connectivity index (χ1v) is 11.9. The van der Waals surface area contributed by atoms with Crippen LogP contribution in [0.2, 0.25) is 0 Å². The maximum atomic E-state index is 12.4. The first-order valence-electron chi connectivity index (χ1n) is 11.9. The van der Waals surface area contributed by atoms with Gasteiger partial charge in [0.05, 0.1) is 17.4 Å². The van der Waals surface area contributed by atoms with Gasteiger partial charge in [-0.2, -0.15) is 5.10 Å². The minimum atomic E-state index is -1.26. The van der Waals surface area contributed by atoms with Crippen LogP contribution in [0, 0.1) is 17.8 Å². The van der Waals surface area contributed by atoms with Crippen molar-refractivity contribution in [1.82, 2.24) is 20.0 Å². The summed E-state index contributed by atoms with van der Waals surface area (Å²) in [4.78, 5) is 36.9. The number of nitrogens with zero attached hydrogens (tertiary/aromatic N) is 3. The van der Waals surface area contributed by atoms with Crippen molar-refractivity contribution in [1.29, 1.82) is 0 Å². The second-order valence-electron chi connectivity index (χ2n) is 9.62. The number of primary amides is 1. The van der Waals surface area contributed by atoms with Gasteiger partial charge in [0, 0.05) is 37.1 Å². The molecule has 0 radical (unpaired) electrons. The standard InChI is InChI=1S/C26H31N5O4/c1-26(35,13-14-30(2)16-32)12-11-17-5-3-6-19(15-17)31-21-8-4-7-20(28-25(34)18-9-10-18)22(21)23(29-31)24(27)33/h3,5-6,15-16,18,20,35H,4,7-10,13-14H2,1-2H3,(H2,27,33)(H,28,34). The Morgan fingerprint density at radius 1 is 1.37 bits per heavy atom. The lowest BCUT2D eigenvalue weighted by Gasteiger charge is -2.25. The summed E-state index contributed by atoms with van der Waals surface area (Å²) in [6.07, 6.45) is 5.13. The van der Waals surface area contributed by atoms with Gasteiger partial charge in [-0.3, -0.25) is 14.4 Å². The van der Waals surface area contributed by atoms with Gasteiger partial charge in [0.15, 0.2) is 5.69 Å². The van der Waals surface area contributed by atoms with E-state index in [0.717, 1.165) is 37.1 Å². The van der Waals surface area contributed by atoms with Crippen LogP contribution in [0.1, 0.15) is 72.4 Å². The van der Waals surface area contributed by atoms with Gasteiger partial charge < -0.3 is 21.1 Å². The quantitative estimate of drug-likeness (QED) is 0.391. The lowest BCUT2D eigenvalue weighted by molar-refractivity contribution is -0.123. The zero-order valence-electron chi connectivity index (χ0n) is 20.1. The molecule has 1 saturated carbocycles. The molecule has 35 heavy (non-hydrogen) atoms. The Hall–Kier alpha value is -3.64. The summed E-state index contributed by atoms with van der Waals surface area (Å²) < 4.78 is 1.72. The summed E-state index contributed by atoms with van der Waals surface area (Å²) in [6.45, 7) is 2.00. The molecule has 9 nitrogen and oxygen atoms in total. The largest absolute Gasteiger partial charge is 0.378 e. The first kappa shape index (κ1) is 24.5. The fraction of sp³-hybridized carbons (Fsp3) is 0.462. The third kappa shape index (κ3) is 5.72. The molecule has 2 unspecified atom stereocenters. The zero-order chi connectivity index (χ0) is 25.2. The molecule has 1 aromatic carbocycles. The van der Waals surface area contributed by atoms with E-state index in [9.17, 15) is 19.5 Å². The molecule has 3 amide bonds. The zero-order valence-corrected chi connectivity index (χ0v) is 20.1. The van der Waals surface area contributed by atoms with Crippen LogP contribution in [0.3, 0.4) is 0 Å². The molecular formula is C26H31N5O4. The van der Waals surface area contributed by atoms with Crippen LogP contribution in [0.15, 0.2) is 24.3 Å². The topological polar surface area (TPSA) is 131 Å². The van der Waals surface area contributed by atoms with Crippen LogP contribution >= 0.6 is 0 Å². The van der Waals surface area contributed by atoms with Crippen molar-refractivity contribution < 1.29 is 19.5 Å². The average Bonchev–Trinajstić information content (AvgIpc) is 3.61. The number of hydrogen-bond acceptors (Lipinski definition) is 5. The van der Waals surface area contributed by atoms with E-state index in [4.69, 9.17) is 5.73 Å². The molecule has 0 aliphatic heterocycles. The smallest absolute Gasteiger partial charge is 0.269 e. The van der Waals surface area contributed by atoms with E-state index >= 15 is 0 Å². The molecule has 1 heterocycles. The van der Waals surface area contributed by atoms with Crippen molar-refractivity contribution in [2.75, 3.05) is 13.6 Å². The summed E-state index contributed by atoms with van der Waals surface area (Å²) >= 11 is 0. The third-order valence-electron chi connectivity index (χ3n) is 6.47. The van der Waals surface area contributed by atoms with Gasteiger partial charge in [-0.1, -0.05) is 17.9 Å². The number of amides is 3. The Balaban J connectivity index is 1.63. The number of fused-ring (bicyclic) bond motifs is 1. The number of rotatable bonds is 8. The van der Waals surface area contributed by atoms with Crippen molar-refractivity contribution in [2.24, 2.45) is 11.7 Å². The SMILES string of the molecule is CN(C=O)CCC(C)(O)C#Cc1cccc(-n2nc(C(N)=O)c3c2CCCC3NC(=O)C2CC2)c1. The molecule has 0 saturated heterocycles. The van der Waals surface area contributed by atoms with E-state index in [-0.39, 0.29) is 23.6 Å². The number of nitrogens with two attached hydrogens (primary N) is 1. The molecule has 0 spiro atoms. The number of carbonyl (C=O) groups excluding carboxylic acids is 3. The van der Waals surface area contributed by atoms with Crippen LogP contribution in [0.25, 0.3) is 5.69 Å². The maximum absolute atomic E-state index is 12.4. The van der Waals surface area contributed by atoms with Gasteiger partial charge >= 0.3 is 0 Å². The number of hydrogen-bond donors (Lipinski definition) is 3. The molecule has 4 N–H and O–H groups in total. The molecule has 2 aliphatic rings. The van der Waals surface area contributed by atoms with Gasteiger partial charge in [0.25, 0.3) is 5.91 Å². The van der Waals surface area contributed by atoms with E-state index in [2.05, 4.69) is 22.3 Å². The minimum Gasteiger partial charge on any atom is -0.378 e. The van der Waals surface area contributed by atoms with E-state index in [1.807, 2.05) is 24.3 Å². The summed E-state index contributed by atoms with van der Waals surface area (Å²) in [5, 5.41) is 18.2. The van der Waals surface area contributed by atoms with E-state index < -0.39 is 11.5 Å². The Kier molecular flexibility index (Phi) is 6.94. The van der Waals surface area contributed by atoms with Crippen LogP contribution in [-0.4, -0.2) is 57.2 Å². The number of carbonyl (C=O) groups is 3. The Labute approximate surface area is 204 Å². The molecule has 4 rings (SSSR count). The van der Waals surface area contributed by atoms with Crippen molar-refractivity contribution in [2.45, 2.75) is 57.1 Å². The van der Waals surface area contributed by atoms with Crippen LogP contribution < -0.4 is 11.1 Å². The van der Waals surface area contributed by atoms with Crippen molar-refractivity contribution >= 4 is 18.2 Å². The normalized spacial score (nSPS) is 18.4. The van der Waals surface area contributed by atoms with Crippen molar-refractivity contribution in [3.05, 3.63) is 46.8 Å². The summed E-state index contributed by atoms with van der Waals surface area (Å²) in [5.74, 6) is 5.35. The fourth-order valence-electron chi connectivity index (χ4n) is 4.30. The van der Waals surface area contributed by atoms with E-state index in [1.54, 1.807) is 18.7 Å². The van der Waals surface area contributed by atoms with Gasteiger partial charge in [-0.05, 0) is 57.2 Å². The Bertz CT molecular complexity index is 1200. The second kappa shape index (κ2) is 9.92. The highest BCUT2D eigenvalue weighted by Crippen LogP contribution is 2.36. The molecule has 2 aromatic rings. The predicted octanol–water partition coefficient (Wildman–Crippen LogP) is 1.46. The Morgan fingerprint density at radius 2 is 2.14 bits per heavy atom. The van der Waals surface area contributed by atoms with E-state index in [1.165, 1.54) is 4.90 Å². The lowest BCUT2D eigenvalue weighted by Crippen LogP contribution is -2.33. The highest BCUT2D eigenvalue weighted by Gasteiger charge is 2.36. The number of benzene rings is 1. The molecule has 184 valence electrons. The molecule has 0 bridgehead atoms. The predicted molar refractivity (Wildman–Crippen MR) is 129 cm³/mol. The number of nitrogens with one attached hydrogen (secondary N) is 1. The Morgan fingerprint density at radius 3 is 2.83 bits per heavy atom. The monoisotopic (exact) mass is 477 g/mol. The maximum Gasteiger partial charge on any atom is 0.269 e. The van der Waals surface area contributed by atoms with Crippen molar-refractivity contribution in [3.63, 3.8) is 0 Å². The molecule has 1 aromatic heterocycles. The average molecular weight is 478 g/mol. The summed E-state index contributed by atoms with van der Waals surface area (Å²) in [5.41, 5.74) is 7.55. The first-order chi connectivity index (χ1) is 16.7. The highest BCUT2D eigenvalue weighted by atomic mass is 16.3. The molecular weight excluding hydrogens is 446 g/mol. The molecule has 2 aliphatic carbocycles. The highest BCUT2D eigenvalue weighted by molar-refractivity contribution is 5.93. The molecule has 9 heteroatoms. The third-order valence-corrected chi connectivity index (χ3v) is 6.47. The van der Waals surface area contributed by atoms with Crippen LogP contribution in [0.4, 0.5) is 0 Å². The van der Waals surface area contributed by atoms with Crippen LogP contribution in [-0.2, 0) is 16.0 Å².